The van der Waals surface area contributed by atoms with E-state index in [0.717, 1.165) is 6.42 Å². The van der Waals surface area contributed by atoms with Gasteiger partial charge in [-0.15, -0.1) is 0 Å². The van der Waals surface area contributed by atoms with Crippen LogP contribution in [0.5, 0.6) is 0 Å². The van der Waals surface area contributed by atoms with Gasteiger partial charge in [-0.3, -0.25) is 0 Å². The number of benzene rings is 2. The Hall–Kier alpha value is -1.82. The molecular formula is C21H23. The van der Waals surface area contributed by atoms with Gasteiger partial charge in [-0.2, -0.15) is 0 Å². The lowest BCUT2D eigenvalue weighted by molar-refractivity contribution is 0.797. The Bertz CT molecular complexity index is 644. The summed E-state index contributed by atoms with van der Waals surface area (Å²) in [5.41, 5.74) is 8.33. The molecule has 0 atom stereocenters. The molecule has 0 bridgehead atoms. The smallest absolute Gasteiger partial charge is 0.0164 e. The van der Waals surface area contributed by atoms with E-state index in [4.69, 9.17) is 0 Å². The van der Waals surface area contributed by atoms with E-state index in [1.807, 2.05) is 0 Å². The van der Waals surface area contributed by atoms with Gasteiger partial charge in [-0.05, 0) is 47.1 Å². The van der Waals surface area contributed by atoms with Crippen LogP contribution in [0.1, 0.15) is 49.8 Å². The maximum atomic E-state index is 2.38. The summed E-state index contributed by atoms with van der Waals surface area (Å²) >= 11 is 0. The van der Waals surface area contributed by atoms with Crippen LogP contribution in [0.2, 0.25) is 0 Å². The fourth-order valence-electron chi connectivity index (χ4n) is 2.99. The van der Waals surface area contributed by atoms with E-state index in [2.05, 4.69) is 68.8 Å². The highest BCUT2D eigenvalue weighted by atomic mass is 14.2. The second-order valence-electron chi connectivity index (χ2n) is 5.83. The average molecular weight is 275 g/mol. The number of unbranched alkanes of at least 4 members (excludes halogenated alkanes) is 1. The number of rotatable bonds is 5. The standard InChI is InChI=1S/C21H23/c1-3-5-7-17-14-19-8-6-9-20(21(19)15-17)18-12-10-16(4-2)11-13-18/h6,8-15H,3-5,7H2,1-2H3. The number of hydrogen-bond donors (Lipinski definition) is 0. The third-order valence-corrected chi connectivity index (χ3v) is 4.30. The molecule has 0 heterocycles. The van der Waals surface area contributed by atoms with Crippen molar-refractivity contribution < 1.29 is 0 Å². The van der Waals surface area contributed by atoms with Crippen LogP contribution in [0.3, 0.4) is 0 Å². The van der Waals surface area contributed by atoms with Crippen molar-refractivity contribution in [1.82, 2.24) is 0 Å². The molecule has 0 N–H and O–H groups in total. The summed E-state index contributed by atoms with van der Waals surface area (Å²) in [7, 11) is 0. The Morgan fingerprint density at radius 3 is 2.43 bits per heavy atom. The highest BCUT2D eigenvalue weighted by molar-refractivity contribution is 5.83. The van der Waals surface area contributed by atoms with E-state index >= 15 is 0 Å². The molecule has 0 heteroatoms. The van der Waals surface area contributed by atoms with Crippen LogP contribution >= 0.6 is 0 Å². The fourth-order valence-corrected chi connectivity index (χ4v) is 2.99. The van der Waals surface area contributed by atoms with Gasteiger partial charge in [-0.1, -0.05) is 74.4 Å². The van der Waals surface area contributed by atoms with Crippen molar-refractivity contribution in [2.75, 3.05) is 0 Å². The summed E-state index contributed by atoms with van der Waals surface area (Å²) < 4.78 is 0. The quantitative estimate of drug-likeness (QED) is 0.622. The van der Waals surface area contributed by atoms with Crippen molar-refractivity contribution in [1.29, 1.82) is 0 Å². The van der Waals surface area contributed by atoms with E-state index in [0.29, 0.717) is 0 Å². The molecule has 0 fully saturated rings. The van der Waals surface area contributed by atoms with Crippen molar-refractivity contribution in [3.63, 3.8) is 0 Å². The molecule has 3 rings (SSSR count). The summed E-state index contributed by atoms with van der Waals surface area (Å²) in [6.07, 6.45) is 9.56. The molecule has 107 valence electrons. The lowest BCUT2D eigenvalue weighted by Crippen LogP contribution is -1.87. The molecule has 2 aromatic carbocycles. The molecule has 0 saturated carbocycles. The van der Waals surface area contributed by atoms with E-state index in [9.17, 15) is 0 Å². The number of hydrogen-bond acceptors (Lipinski definition) is 0. The molecule has 1 aliphatic carbocycles. The summed E-state index contributed by atoms with van der Waals surface area (Å²) in [6.45, 7) is 4.45. The molecular weight excluding hydrogens is 252 g/mol. The SMILES string of the molecule is CCCCC1=Cc2c(cccc2-c2ccc(CC)cc2)[CH]1. The maximum absolute atomic E-state index is 2.38. The van der Waals surface area contributed by atoms with Crippen LogP contribution in [0.25, 0.3) is 17.2 Å². The van der Waals surface area contributed by atoms with Crippen LogP contribution in [0, 0.1) is 6.42 Å². The first-order valence-electron chi connectivity index (χ1n) is 8.09. The average Bonchev–Trinajstić information content (AvgIpc) is 2.96. The normalized spacial score (nSPS) is 13.1. The Balaban J connectivity index is 1.94. The minimum atomic E-state index is 1.10. The third-order valence-electron chi connectivity index (χ3n) is 4.30. The Kier molecular flexibility index (Phi) is 4.24. The number of allylic oxidation sites excluding steroid dienone is 1. The van der Waals surface area contributed by atoms with Crippen LogP contribution < -0.4 is 0 Å². The summed E-state index contributed by atoms with van der Waals surface area (Å²) in [6, 6.07) is 15.7. The molecule has 0 aliphatic heterocycles. The summed E-state index contributed by atoms with van der Waals surface area (Å²) in [5.74, 6) is 0. The van der Waals surface area contributed by atoms with Crippen molar-refractivity contribution in [3.05, 3.63) is 71.1 Å². The van der Waals surface area contributed by atoms with Gasteiger partial charge >= 0.3 is 0 Å². The lowest BCUT2D eigenvalue weighted by Gasteiger charge is -2.08. The van der Waals surface area contributed by atoms with Gasteiger partial charge in [0.1, 0.15) is 0 Å². The molecule has 0 aromatic heterocycles. The lowest BCUT2D eigenvalue weighted by atomic mass is 9.96. The fraction of sp³-hybridized carbons (Fsp3) is 0.286. The second-order valence-corrected chi connectivity index (χ2v) is 5.83. The predicted molar refractivity (Wildman–Crippen MR) is 92.2 cm³/mol. The first-order chi connectivity index (χ1) is 10.3. The monoisotopic (exact) mass is 275 g/mol. The largest absolute Gasteiger partial charge is 0.0654 e. The topological polar surface area (TPSA) is 0 Å². The first kappa shape index (κ1) is 14.1. The zero-order chi connectivity index (χ0) is 14.7. The van der Waals surface area contributed by atoms with Crippen molar-refractivity contribution in [2.24, 2.45) is 0 Å². The van der Waals surface area contributed by atoms with E-state index in [1.54, 1.807) is 0 Å². The van der Waals surface area contributed by atoms with Gasteiger partial charge in [0, 0.05) is 6.42 Å². The minimum Gasteiger partial charge on any atom is -0.0654 e. The van der Waals surface area contributed by atoms with Gasteiger partial charge in [0.25, 0.3) is 0 Å². The molecule has 0 amide bonds. The second kappa shape index (κ2) is 6.30. The molecule has 1 aliphatic rings. The van der Waals surface area contributed by atoms with Crippen molar-refractivity contribution in [2.45, 2.75) is 39.5 Å². The van der Waals surface area contributed by atoms with Crippen molar-refractivity contribution >= 4 is 6.08 Å². The van der Waals surface area contributed by atoms with Gasteiger partial charge < -0.3 is 0 Å². The van der Waals surface area contributed by atoms with E-state index in [1.165, 1.54) is 52.7 Å². The number of fused-ring (bicyclic) bond motifs is 1. The minimum absolute atomic E-state index is 1.10. The summed E-state index contributed by atoms with van der Waals surface area (Å²) in [4.78, 5) is 0. The van der Waals surface area contributed by atoms with E-state index in [-0.39, 0.29) is 0 Å². The molecule has 1 radical (unpaired) electrons. The van der Waals surface area contributed by atoms with Gasteiger partial charge in [-0.25, -0.2) is 0 Å². The Morgan fingerprint density at radius 2 is 1.71 bits per heavy atom. The molecule has 2 aromatic rings. The summed E-state index contributed by atoms with van der Waals surface area (Å²) in [5, 5.41) is 0. The zero-order valence-electron chi connectivity index (χ0n) is 13.0. The Morgan fingerprint density at radius 1 is 0.905 bits per heavy atom. The first-order valence-corrected chi connectivity index (χ1v) is 8.09. The predicted octanol–water partition coefficient (Wildman–Crippen LogP) is 6.06. The van der Waals surface area contributed by atoms with Crippen LogP contribution in [-0.4, -0.2) is 0 Å². The highest BCUT2D eigenvalue weighted by Gasteiger charge is 2.16. The van der Waals surface area contributed by atoms with Crippen molar-refractivity contribution in [3.8, 4) is 11.1 Å². The van der Waals surface area contributed by atoms with Gasteiger partial charge in [0.15, 0.2) is 0 Å². The molecule has 0 unspecified atom stereocenters. The van der Waals surface area contributed by atoms with Crippen LogP contribution in [0.15, 0.2) is 48.0 Å². The maximum Gasteiger partial charge on any atom is 0.0164 e. The van der Waals surface area contributed by atoms with Crippen LogP contribution in [0.4, 0.5) is 0 Å². The zero-order valence-corrected chi connectivity index (χ0v) is 13.0. The molecule has 0 spiro atoms. The van der Waals surface area contributed by atoms with Gasteiger partial charge in [0.2, 0.25) is 0 Å². The van der Waals surface area contributed by atoms with Crippen LogP contribution in [-0.2, 0) is 6.42 Å². The van der Waals surface area contributed by atoms with Gasteiger partial charge in [0.05, 0.1) is 0 Å². The number of aryl methyl sites for hydroxylation is 1. The third kappa shape index (κ3) is 2.95. The highest BCUT2D eigenvalue weighted by Crippen LogP contribution is 2.36. The molecule has 0 nitrogen and oxygen atoms in total. The Labute approximate surface area is 128 Å². The molecule has 21 heavy (non-hydrogen) atoms. The van der Waals surface area contributed by atoms with E-state index < -0.39 is 0 Å². The molecule has 0 saturated heterocycles.